The minimum Gasteiger partial charge on any atom is -0.465 e. The Labute approximate surface area is 230 Å². The molecule has 2 rings (SSSR count). The largest absolute Gasteiger partial charge is 0.465 e. The van der Waals surface area contributed by atoms with Gasteiger partial charge in [0.1, 0.15) is 17.6 Å². The lowest BCUT2D eigenvalue weighted by atomic mass is 9.66. The lowest BCUT2D eigenvalue weighted by molar-refractivity contribution is -0.145. The summed E-state index contributed by atoms with van der Waals surface area (Å²) in [5.41, 5.74) is 2.29. The third-order valence-electron chi connectivity index (χ3n) is 8.23. The Bertz CT molecular complexity index is 888. The Hall–Kier alpha value is -1.40. The maximum Gasteiger partial charge on any atom is 0.323 e. The van der Waals surface area contributed by atoms with Crippen molar-refractivity contribution < 1.29 is 19.1 Å². The Morgan fingerprint density at radius 3 is 1.89 bits per heavy atom. The molecule has 0 fully saturated rings. The van der Waals surface area contributed by atoms with E-state index in [-0.39, 0.29) is 51.5 Å². The van der Waals surface area contributed by atoms with Crippen LogP contribution < -0.4 is 5.32 Å². The van der Waals surface area contributed by atoms with Crippen LogP contribution >= 0.6 is 11.8 Å². The van der Waals surface area contributed by atoms with Gasteiger partial charge in [-0.15, -0.1) is 0 Å². The van der Waals surface area contributed by atoms with Crippen molar-refractivity contribution in [3.05, 3.63) is 23.3 Å². The van der Waals surface area contributed by atoms with Gasteiger partial charge >= 0.3 is 5.97 Å². The van der Waals surface area contributed by atoms with Crippen molar-refractivity contribution in [2.24, 2.45) is 22.7 Å². The number of rotatable bonds is 13. The molecule has 0 saturated heterocycles. The normalized spacial score (nSPS) is 25.3. The Kier molecular flexibility index (Phi) is 11.7. The van der Waals surface area contributed by atoms with E-state index >= 15 is 0 Å². The number of hydrogen-bond donors (Lipinski definition) is 1. The summed E-state index contributed by atoms with van der Waals surface area (Å²) >= 11 is 1.62. The molecule has 5 unspecified atom stereocenters. The Balaban J connectivity index is 1.98. The summed E-state index contributed by atoms with van der Waals surface area (Å²) in [6.45, 7) is 19.0. The van der Waals surface area contributed by atoms with Crippen LogP contribution in [0, 0.1) is 22.7 Å². The zero-order valence-corrected chi connectivity index (χ0v) is 25.6. The van der Waals surface area contributed by atoms with Gasteiger partial charge in [0, 0.05) is 41.7 Å². The van der Waals surface area contributed by atoms with E-state index in [1.165, 1.54) is 5.57 Å². The van der Waals surface area contributed by atoms with Crippen molar-refractivity contribution in [1.82, 2.24) is 5.32 Å². The minimum absolute atomic E-state index is 0.0161. The quantitative estimate of drug-likeness (QED) is 0.210. The highest BCUT2D eigenvalue weighted by atomic mass is 32.2. The molecule has 0 heterocycles. The van der Waals surface area contributed by atoms with Gasteiger partial charge in [-0.25, -0.2) is 0 Å². The van der Waals surface area contributed by atoms with E-state index in [1.54, 1.807) is 18.7 Å². The molecule has 5 nitrogen and oxygen atoms in total. The highest BCUT2D eigenvalue weighted by Crippen LogP contribution is 2.43. The zero-order chi connectivity index (χ0) is 28.0. The number of carbonyl (C=O) groups is 3. The molecule has 5 atom stereocenters. The topological polar surface area (TPSA) is 72.5 Å². The summed E-state index contributed by atoms with van der Waals surface area (Å²) in [5, 5.41) is 3.46. The molecule has 1 N–H and O–H groups in total. The molecule has 37 heavy (non-hydrogen) atoms. The molecule has 0 aromatic heterocycles. The molecular formula is C31H51NO4S. The first-order valence-electron chi connectivity index (χ1n) is 14.1. The van der Waals surface area contributed by atoms with Gasteiger partial charge in [0.2, 0.25) is 0 Å². The van der Waals surface area contributed by atoms with Crippen molar-refractivity contribution in [1.29, 1.82) is 0 Å². The molecule has 0 bridgehead atoms. The third-order valence-corrected chi connectivity index (χ3v) is 9.49. The van der Waals surface area contributed by atoms with E-state index < -0.39 is 6.04 Å². The Morgan fingerprint density at radius 2 is 1.43 bits per heavy atom. The molecule has 0 radical (unpaired) electrons. The summed E-state index contributed by atoms with van der Waals surface area (Å²) < 4.78 is 5.34. The van der Waals surface area contributed by atoms with E-state index in [2.05, 4.69) is 65.9 Å². The first-order chi connectivity index (χ1) is 17.2. The number of ketones is 2. The fourth-order valence-electron chi connectivity index (χ4n) is 6.45. The molecule has 0 saturated carbocycles. The molecule has 6 heteroatoms. The molecule has 2 aliphatic carbocycles. The second kappa shape index (κ2) is 13.6. The third kappa shape index (κ3) is 8.81. The van der Waals surface area contributed by atoms with Crippen LogP contribution in [0.3, 0.4) is 0 Å². The minimum atomic E-state index is -0.519. The highest BCUT2D eigenvalue weighted by molar-refractivity contribution is 7.99. The van der Waals surface area contributed by atoms with Gasteiger partial charge in [-0.05, 0) is 64.2 Å². The number of allylic oxidation sites excluding steroid dienone is 4. The molecule has 0 amide bonds. The van der Waals surface area contributed by atoms with E-state index in [9.17, 15) is 14.4 Å². The fraction of sp³-hybridized carbons (Fsp3) is 0.774. The molecule has 2 aliphatic rings. The maximum atomic E-state index is 13.3. The van der Waals surface area contributed by atoms with Gasteiger partial charge in [0.15, 0.2) is 0 Å². The van der Waals surface area contributed by atoms with E-state index in [0.29, 0.717) is 25.2 Å². The number of Topliss-reactive ketones (excluding diaryl/α,β-unsaturated/α-hetero) is 2. The predicted molar refractivity (Wildman–Crippen MR) is 155 cm³/mol. The number of nitrogens with one attached hydrogen (secondary N) is 1. The van der Waals surface area contributed by atoms with Crippen LogP contribution in [0.4, 0.5) is 0 Å². The second-order valence-electron chi connectivity index (χ2n) is 12.7. The van der Waals surface area contributed by atoms with Gasteiger partial charge in [-0.2, -0.15) is 11.8 Å². The van der Waals surface area contributed by atoms with Crippen LogP contribution in [0.15, 0.2) is 23.3 Å². The lowest BCUT2D eigenvalue weighted by Gasteiger charge is -2.38. The van der Waals surface area contributed by atoms with E-state index in [4.69, 9.17) is 4.74 Å². The maximum absolute atomic E-state index is 13.3. The van der Waals surface area contributed by atoms with Crippen LogP contribution in [-0.4, -0.2) is 47.2 Å². The van der Waals surface area contributed by atoms with Crippen LogP contribution in [-0.2, 0) is 19.1 Å². The van der Waals surface area contributed by atoms with Crippen molar-refractivity contribution >= 4 is 29.3 Å². The summed E-state index contributed by atoms with van der Waals surface area (Å²) in [5.74, 6) is 0.615. The van der Waals surface area contributed by atoms with Crippen LogP contribution in [0.2, 0.25) is 0 Å². The standard InChI is InChI=1S/C31H51NO4S/c1-10-36-29(35)24(32-22(4)17-25(33)27-20(2)13-11-15-30(27,6)7)19-37-23(5)18-26(34)28-21(3)14-12-16-31(28,8)9/h13-14,22-24,27-28,32H,10-12,15-19H2,1-9H3. The first kappa shape index (κ1) is 31.8. The number of carbonyl (C=O) groups excluding carboxylic acids is 3. The van der Waals surface area contributed by atoms with Gasteiger partial charge in [-0.1, -0.05) is 57.9 Å². The van der Waals surface area contributed by atoms with Crippen molar-refractivity contribution in [2.45, 2.75) is 118 Å². The van der Waals surface area contributed by atoms with Crippen molar-refractivity contribution in [3.8, 4) is 0 Å². The first-order valence-corrected chi connectivity index (χ1v) is 15.2. The van der Waals surface area contributed by atoms with Crippen LogP contribution in [0.1, 0.15) is 101 Å². The molecular weight excluding hydrogens is 482 g/mol. The van der Waals surface area contributed by atoms with Gasteiger partial charge in [0.25, 0.3) is 0 Å². The lowest BCUT2D eigenvalue weighted by Crippen LogP contribution is -2.47. The SMILES string of the molecule is CCOC(=O)C(CSC(C)CC(=O)C1C(C)=CCCC1(C)C)NC(C)CC(=O)C1C(C)=CCCC1(C)C. The zero-order valence-electron chi connectivity index (χ0n) is 24.7. The Morgan fingerprint density at radius 1 is 0.946 bits per heavy atom. The van der Waals surface area contributed by atoms with E-state index in [0.717, 1.165) is 31.3 Å². The van der Waals surface area contributed by atoms with Gasteiger partial charge in [0.05, 0.1) is 6.61 Å². The fourth-order valence-corrected chi connectivity index (χ4v) is 7.49. The number of hydrogen-bond acceptors (Lipinski definition) is 6. The smallest absolute Gasteiger partial charge is 0.323 e. The average Bonchev–Trinajstić information content (AvgIpc) is 2.75. The number of esters is 1. The van der Waals surface area contributed by atoms with Crippen LogP contribution in [0.5, 0.6) is 0 Å². The molecule has 210 valence electrons. The average molecular weight is 534 g/mol. The predicted octanol–water partition coefficient (Wildman–Crippen LogP) is 6.70. The molecule has 0 aromatic carbocycles. The summed E-state index contributed by atoms with van der Waals surface area (Å²) in [6.07, 6.45) is 9.35. The van der Waals surface area contributed by atoms with Gasteiger partial charge < -0.3 is 10.1 Å². The molecule has 0 aliphatic heterocycles. The van der Waals surface area contributed by atoms with Crippen molar-refractivity contribution in [3.63, 3.8) is 0 Å². The number of ether oxygens (including phenoxy) is 1. The highest BCUT2D eigenvalue weighted by Gasteiger charge is 2.39. The van der Waals surface area contributed by atoms with E-state index in [1.807, 2.05) is 6.92 Å². The summed E-state index contributed by atoms with van der Waals surface area (Å²) in [4.78, 5) is 39.3. The van der Waals surface area contributed by atoms with Gasteiger partial charge in [-0.3, -0.25) is 14.4 Å². The number of thioether (sulfide) groups is 1. The summed E-state index contributed by atoms with van der Waals surface area (Å²) in [7, 11) is 0. The monoisotopic (exact) mass is 533 g/mol. The van der Waals surface area contributed by atoms with Crippen molar-refractivity contribution in [2.75, 3.05) is 12.4 Å². The van der Waals surface area contributed by atoms with Crippen LogP contribution in [0.25, 0.3) is 0 Å². The molecule has 0 aromatic rings. The second-order valence-corrected chi connectivity index (χ2v) is 14.1. The molecule has 0 spiro atoms. The summed E-state index contributed by atoms with van der Waals surface area (Å²) in [6, 6.07) is -0.671.